The Kier molecular flexibility index (Phi) is 39.2. The number of carboxylic acids is 1. The van der Waals surface area contributed by atoms with Gasteiger partial charge in [0.05, 0.1) is 0 Å². The van der Waals surface area contributed by atoms with Gasteiger partial charge in [-0.25, -0.2) is 4.79 Å². The fourth-order valence-electron chi connectivity index (χ4n) is 4.65. The van der Waals surface area contributed by atoms with Gasteiger partial charge in [-0.1, -0.05) is 90.4 Å². The quantitative estimate of drug-likeness (QED) is 0.0430. The standard InChI is InChI=1S/C31H70N6.C2HF3O2/c1-2-3-4-5-6-7-8-9-10-11-12-13-14-15-22-33-24-17-26-35-28-19-30-37-31-20-29-36-27-18-25-34-23-16-21-32;3-2(4,5)1(6)7/h33-37H,2-32H2,1H3;(H,6,7). The van der Waals surface area contributed by atoms with E-state index in [1.165, 1.54) is 122 Å². The van der Waals surface area contributed by atoms with E-state index in [0.717, 1.165) is 71.9 Å². The Morgan fingerprint density at radius 3 is 0.955 bits per heavy atom. The monoisotopic (exact) mass is 641 g/mol. The molecule has 0 amide bonds. The summed E-state index contributed by atoms with van der Waals surface area (Å²) in [5, 5.41) is 24.8. The zero-order valence-electron chi connectivity index (χ0n) is 28.3. The van der Waals surface area contributed by atoms with Crippen LogP contribution in [0.3, 0.4) is 0 Å². The zero-order valence-corrected chi connectivity index (χ0v) is 28.3. The number of carbonyl (C=O) groups is 1. The van der Waals surface area contributed by atoms with Crippen molar-refractivity contribution in [3.05, 3.63) is 0 Å². The second kappa shape index (κ2) is 38.2. The van der Waals surface area contributed by atoms with Crippen molar-refractivity contribution in [1.82, 2.24) is 26.6 Å². The normalized spacial score (nSPS) is 11.5. The predicted molar refractivity (Wildman–Crippen MR) is 180 cm³/mol. The summed E-state index contributed by atoms with van der Waals surface area (Å²) >= 11 is 0. The van der Waals surface area contributed by atoms with Crippen LogP contribution in [0.15, 0.2) is 0 Å². The summed E-state index contributed by atoms with van der Waals surface area (Å²) in [6.45, 7) is 14.3. The van der Waals surface area contributed by atoms with Crippen molar-refractivity contribution in [3.8, 4) is 0 Å². The lowest BCUT2D eigenvalue weighted by Gasteiger charge is -2.08. The number of carboxylic acid groups (broad SMARTS) is 1. The molecule has 0 fully saturated rings. The number of hydrogen-bond acceptors (Lipinski definition) is 7. The van der Waals surface area contributed by atoms with Crippen molar-refractivity contribution in [1.29, 1.82) is 0 Å². The smallest absolute Gasteiger partial charge is 0.475 e. The number of halogens is 3. The summed E-state index contributed by atoms with van der Waals surface area (Å²) in [5.41, 5.74) is 5.48. The fourth-order valence-corrected chi connectivity index (χ4v) is 4.65. The summed E-state index contributed by atoms with van der Waals surface area (Å²) in [6, 6.07) is 0. The molecule has 0 heterocycles. The van der Waals surface area contributed by atoms with Crippen LogP contribution in [0.2, 0.25) is 0 Å². The highest BCUT2D eigenvalue weighted by Gasteiger charge is 2.38. The van der Waals surface area contributed by atoms with Crippen LogP contribution in [0.4, 0.5) is 13.2 Å². The van der Waals surface area contributed by atoms with Gasteiger partial charge in [-0.05, 0) is 111 Å². The van der Waals surface area contributed by atoms with E-state index in [1.54, 1.807) is 0 Å². The van der Waals surface area contributed by atoms with Gasteiger partial charge >= 0.3 is 12.1 Å². The van der Waals surface area contributed by atoms with E-state index in [4.69, 9.17) is 15.6 Å². The molecule has 0 aliphatic rings. The minimum absolute atomic E-state index is 0.783. The first kappa shape index (κ1) is 45.1. The molecule has 0 bridgehead atoms. The Morgan fingerprint density at radius 1 is 0.477 bits per heavy atom. The molecule has 0 radical (unpaired) electrons. The van der Waals surface area contributed by atoms with Crippen molar-refractivity contribution in [2.75, 3.05) is 72.0 Å². The Bertz CT molecular complexity index is 526. The highest BCUT2D eigenvalue weighted by molar-refractivity contribution is 5.73. The second-order valence-corrected chi connectivity index (χ2v) is 11.7. The highest BCUT2D eigenvalue weighted by Crippen LogP contribution is 2.13. The molecular formula is C33H71F3N6O2. The lowest BCUT2D eigenvalue weighted by Crippen LogP contribution is -2.28. The first-order valence-corrected chi connectivity index (χ1v) is 17.9. The Morgan fingerprint density at radius 2 is 0.705 bits per heavy atom. The molecular weight excluding hydrogens is 569 g/mol. The van der Waals surface area contributed by atoms with E-state index in [1.807, 2.05) is 0 Å². The molecule has 0 aliphatic heterocycles. The van der Waals surface area contributed by atoms with E-state index in [-0.39, 0.29) is 0 Å². The van der Waals surface area contributed by atoms with Crippen LogP contribution >= 0.6 is 0 Å². The predicted octanol–water partition coefficient (Wildman–Crippen LogP) is 5.96. The molecule has 0 saturated carbocycles. The van der Waals surface area contributed by atoms with Crippen LogP contribution < -0.4 is 32.3 Å². The molecule has 0 aromatic rings. The third-order valence-electron chi connectivity index (χ3n) is 7.34. The van der Waals surface area contributed by atoms with E-state index in [9.17, 15) is 13.2 Å². The van der Waals surface area contributed by atoms with Crippen LogP contribution in [0.5, 0.6) is 0 Å². The summed E-state index contributed by atoms with van der Waals surface area (Å²) in [6.07, 6.45) is 21.0. The fraction of sp³-hybridized carbons (Fsp3) is 0.970. The molecule has 0 saturated heterocycles. The zero-order chi connectivity index (χ0) is 32.8. The summed E-state index contributed by atoms with van der Waals surface area (Å²) in [5.74, 6) is -2.76. The van der Waals surface area contributed by atoms with Crippen LogP contribution in [0.1, 0.15) is 129 Å². The first-order valence-electron chi connectivity index (χ1n) is 17.9. The number of hydrogen-bond donors (Lipinski definition) is 7. The minimum atomic E-state index is -5.08. The van der Waals surface area contributed by atoms with Crippen molar-refractivity contribution in [2.24, 2.45) is 5.73 Å². The SMILES string of the molecule is CCCCCCCCCCCCCCCCNCCCNCCCNCCCNCCCNCCCN.O=C(O)C(F)(F)F. The van der Waals surface area contributed by atoms with E-state index in [2.05, 4.69) is 33.5 Å². The minimum Gasteiger partial charge on any atom is -0.475 e. The highest BCUT2D eigenvalue weighted by atomic mass is 19.4. The summed E-state index contributed by atoms with van der Waals surface area (Å²) in [7, 11) is 0. The lowest BCUT2D eigenvalue weighted by atomic mass is 10.0. The van der Waals surface area contributed by atoms with Gasteiger partial charge in [0.15, 0.2) is 0 Å². The molecule has 266 valence electrons. The van der Waals surface area contributed by atoms with Crippen molar-refractivity contribution >= 4 is 5.97 Å². The van der Waals surface area contributed by atoms with Crippen molar-refractivity contribution in [3.63, 3.8) is 0 Å². The molecule has 44 heavy (non-hydrogen) atoms. The van der Waals surface area contributed by atoms with Crippen LogP contribution in [-0.4, -0.2) is 89.2 Å². The van der Waals surface area contributed by atoms with Gasteiger partial charge in [-0.2, -0.15) is 13.2 Å². The van der Waals surface area contributed by atoms with Gasteiger partial charge in [-0.3, -0.25) is 0 Å². The van der Waals surface area contributed by atoms with Gasteiger partial charge in [0.25, 0.3) is 0 Å². The van der Waals surface area contributed by atoms with Crippen LogP contribution in [0.25, 0.3) is 0 Å². The van der Waals surface area contributed by atoms with Gasteiger partial charge in [0, 0.05) is 0 Å². The van der Waals surface area contributed by atoms with Crippen molar-refractivity contribution in [2.45, 2.75) is 135 Å². The molecule has 8 N–H and O–H groups in total. The van der Waals surface area contributed by atoms with Crippen molar-refractivity contribution < 1.29 is 23.1 Å². The van der Waals surface area contributed by atoms with Gasteiger partial charge in [-0.15, -0.1) is 0 Å². The third-order valence-corrected chi connectivity index (χ3v) is 7.34. The number of alkyl halides is 3. The molecule has 0 unspecified atom stereocenters. The molecule has 0 atom stereocenters. The molecule has 0 spiro atoms. The van der Waals surface area contributed by atoms with E-state index in [0.29, 0.717) is 0 Å². The van der Waals surface area contributed by atoms with E-state index >= 15 is 0 Å². The molecule has 0 aromatic heterocycles. The van der Waals surface area contributed by atoms with Crippen LogP contribution in [0, 0.1) is 0 Å². The number of rotatable bonds is 34. The third kappa shape index (κ3) is 43.1. The number of nitrogens with one attached hydrogen (secondary N) is 5. The van der Waals surface area contributed by atoms with Gasteiger partial charge in [0.1, 0.15) is 0 Å². The largest absolute Gasteiger partial charge is 0.490 e. The number of nitrogens with two attached hydrogens (primary N) is 1. The second-order valence-electron chi connectivity index (χ2n) is 11.7. The first-order chi connectivity index (χ1) is 21.4. The lowest BCUT2D eigenvalue weighted by molar-refractivity contribution is -0.192. The van der Waals surface area contributed by atoms with Gasteiger partial charge < -0.3 is 37.4 Å². The average Bonchev–Trinajstić information content (AvgIpc) is 2.99. The maximum Gasteiger partial charge on any atom is 0.490 e. The average molecular weight is 641 g/mol. The molecule has 0 aliphatic carbocycles. The molecule has 0 rings (SSSR count). The van der Waals surface area contributed by atoms with Gasteiger partial charge in [0.2, 0.25) is 0 Å². The Balaban J connectivity index is 0. The van der Waals surface area contributed by atoms with Crippen LogP contribution in [-0.2, 0) is 4.79 Å². The number of aliphatic carboxylic acids is 1. The Hall–Kier alpha value is -0.980. The van der Waals surface area contributed by atoms with E-state index < -0.39 is 12.1 Å². The summed E-state index contributed by atoms with van der Waals surface area (Å²) < 4.78 is 31.7. The Labute approximate surface area is 268 Å². The topological polar surface area (TPSA) is 123 Å². The maximum atomic E-state index is 10.6. The maximum absolute atomic E-state index is 10.6. The molecule has 11 heteroatoms. The molecule has 0 aromatic carbocycles. The number of unbranched alkanes of at least 4 members (excludes halogenated alkanes) is 13. The molecule has 8 nitrogen and oxygen atoms in total. The summed E-state index contributed by atoms with van der Waals surface area (Å²) in [4.78, 5) is 8.90.